The first-order chi connectivity index (χ1) is 14.8. The van der Waals surface area contributed by atoms with Crippen molar-refractivity contribution in [2.45, 2.75) is 66.0 Å². The lowest BCUT2D eigenvalue weighted by atomic mass is 9.78. The van der Waals surface area contributed by atoms with Crippen LogP contribution in [0.15, 0.2) is 18.2 Å². The van der Waals surface area contributed by atoms with Crippen LogP contribution in [0, 0.1) is 25.7 Å². The molecule has 1 aromatic rings. The monoisotopic (exact) mass is 430 g/mol. The van der Waals surface area contributed by atoms with Gasteiger partial charge in [0, 0.05) is 11.7 Å². The Balaban J connectivity index is 1.44. The molecule has 4 N–H and O–H groups in total. The van der Waals surface area contributed by atoms with E-state index in [0.717, 1.165) is 49.4 Å². The molecule has 1 heterocycles. The van der Waals surface area contributed by atoms with E-state index in [9.17, 15) is 9.59 Å². The van der Waals surface area contributed by atoms with Crippen LogP contribution in [0.4, 0.5) is 5.69 Å². The second kappa shape index (κ2) is 10.6. The summed E-state index contributed by atoms with van der Waals surface area (Å²) in [5.74, 6) is 1.50. The molecule has 2 amide bonds. The molecule has 1 aromatic carbocycles. The fourth-order valence-corrected chi connectivity index (χ4v) is 5.24. The molecule has 6 heteroatoms. The van der Waals surface area contributed by atoms with Crippen molar-refractivity contribution in [3.8, 4) is 0 Å². The third-order valence-corrected chi connectivity index (χ3v) is 7.80. The van der Waals surface area contributed by atoms with Crippen LogP contribution in [-0.2, 0) is 9.59 Å². The average Bonchev–Trinajstić information content (AvgIpc) is 2.74. The summed E-state index contributed by atoms with van der Waals surface area (Å²) >= 11 is 0. The predicted molar refractivity (Wildman–Crippen MR) is 124 cm³/mol. The molecule has 0 unspecified atom stereocenters. The van der Waals surface area contributed by atoms with Gasteiger partial charge in [0.1, 0.15) is 26.2 Å². The van der Waals surface area contributed by atoms with Crippen LogP contribution in [0.3, 0.4) is 0 Å². The summed E-state index contributed by atoms with van der Waals surface area (Å²) in [4.78, 5) is 28.1. The Morgan fingerprint density at radius 2 is 1.71 bits per heavy atom. The number of aryl methyl sites for hydroxylation is 2. The Kier molecular flexibility index (Phi) is 8.11. The lowest BCUT2D eigenvalue weighted by molar-refractivity contribution is -1.01. The average molecular weight is 431 g/mol. The molecule has 1 saturated carbocycles. The van der Waals surface area contributed by atoms with Crippen LogP contribution in [0.5, 0.6) is 0 Å². The lowest BCUT2D eigenvalue weighted by Crippen LogP contribution is -3.30. The van der Waals surface area contributed by atoms with Crippen molar-refractivity contribution in [3.63, 3.8) is 0 Å². The first-order valence-corrected chi connectivity index (χ1v) is 12.1. The number of quaternary nitrogens is 2. The van der Waals surface area contributed by atoms with Crippen LogP contribution in [0.1, 0.15) is 51.2 Å². The Morgan fingerprint density at radius 3 is 2.35 bits per heavy atom. The summed E-state index contributed by atoms with van der Waals surface area (Å²) in [7, 11) is 0. The van der Waals surface area contributed by atoms with Gasteiger partial charge in [-0.05, 0) is 50.2 Å². The van der Waals surface area contributed by atoms with Crippen molar-refractivity contribution in [2.75, 3.05) is 38.0 Å². The molecular formula is C25H42N4O2+2. The minimum Gasteiger partial charge on any atom is -0.348 e. The second-order valence-electron chi connectivity index (χ2n) is 10.0. The molecule has 0 aromatic heterocycles. The van der Waals surface area contributed by atoms with Crippen LogP contribution in [0.25, 0.3) is 0 Å². The van der Waals surface area contributed by atoms with Crippen molar-refractivity contribution in [1.29, 1.82) is 0 Å². The number of hydrogen-bond donors (Lipinski definition) is 4. The van der Waals surface area contributed by atoms with Gasteiger partial charge in [-0.2, -0.15) is 0 Å². The van der Waals surface area contributed by atoms with Gasteiger partial charge in [-0.25, -0.2) is 0 Å². The van der Waals surface area contributed by atoms with E-state index in [1.807, 2.05) is 32.0 Å². The van der Waals surface area contributed by atoms with Crippen molar-refractivity contribution in [2.24, 2.45) is 11.8 Å². The summed E-state index contributed by atoms with van der Waals surface area (Å²) in [6.45, 7) is 14.9. The number of benzene rings is 1. The largest absolute Gasteiger partial charge is 0.348 e. The zero-order valence-electron chi connectivity index (χ0n) is 20.0. The van der Waals surface area contributed by atoms with Crippen molar-refractivity contribution >= 4 is 17.5 Å². The Hall–Kier alpha value is -1.92. The SMILES string of the molecule is Cc1cccc(C)c1NC(=O)C[NH+]1CC[NH+]([C@H](C)C(=O)N[C@H]2CCC[C@H](C)[C@@H]2C)CC1. The topological polar surface area (TPSA) is 67.1 Å². The fourth-order valence-electron chi connectivity index (χ4n) is 5.24. The van der Waals surface area contributed by atoms with E-state index in [1.165, 1.54) is 22.6 Å². The van der Waals surface area contributed by atoms with Gasteiger partial charge in [-0.15, -0.1) is 0 Å². The summed E-state index contributed by atoms with van der Waals surface area (Å²) in [5, 5.41) is 6.45. The second-order valence-corrected chi connectivity index (χ2v) is 10.0. The first-order valence-electron chi connectivity index (χ1n) is 12.1. The van der Waals surface area contributed by atoms with Gasteiger partial charge in [0.2, 0.25) is 0 Å². The molecule has 2 aliphatic rings. The molecule has 172 valence electrons. The number of carbonyl (C=O) groups is 2. The number of amides is 2. The molecule has 3 rings (SSSR count). The molecule has 2 fully saturated rings. The smallest absolute Gasteiger partial charge is 0.279 e. The zero-order chi connectivity index (χ0) is 22.5. The summed E-state index contributed by atoms with van der Waals surface area (Å²) in [5.41, 5.74) is 3.13. The van der Waals surface area contributed by atoms with E-state index in [2.05, 4.69) is 31.4 Å². The number of rotatable bonds is 6. The number of anilines is 1. The van der Waals surface area contributed by atoms with Crippen molar-refractivity contribution in [1.82, 2.24) is 5.32 Å². The molecular weight excluding hydrogens is 388 g/mol. The van der Waals surface area contributed by atoms with Gasteiger partial charge in [0.25, 0.3) is 11.8 Å². The maximum atomic E-state index is 12.9. The fraction of sp³-hybridized carbons (Fsp3) is 0.680. The number of hydrogen-bond acceptors (Lipinski definition) is 2. The Labute approximate surface area is 187 Å². The highest BCUT2D eigenvalue weighted by atomic mass is 16.2. The van der Waals surface area contributed by atoms with Gasteiger partial charge in [-0.1, -0.05) is 44.9 Å². The third kappa shape index (κ3) is 6.07. The minimum atomic E-state index is -0.0329. The number of piperazine rings is 1. The summed E-state index contributed by atoms with van der Waals surface area (Å²) in [6, 6.07) is 6.35. The molecule has 4 atom stereocenters. The van der Waals surface area contributed by atoms with E-state index in [0.29, 0.717) is 24.4 Å². The molecule has 1 saturated heterocycles. The maximum absolute atomic E-state index is 12.9. The number of para-hydroxylation sites is 1. The first kappa shape index (κ1) is 23.7. The molecule has 31 heavy (non-hydrogen) atoms. The van der Waals surface area contributed by atoms with Crippen molar-refractivity contribution < 1.29 is 19.4 Å². The molecule has 0 bridgehead atoms. The highest BCUT2D eigenvalue weighted by molar-refractivity contribution is 5.93. The number of nitrogens with one attached hydrogen (secondary N) is 4. The van der Waals surface area contributed by atoms with Gasteiger partial charge < -0.3 is 20.4 Å². The van der Waals surface area contributed by atoms with Gasteiger partial charge >= 0.3 is 0 Å². The molecule has 0 spiro atoms. The van der Waals surface area contributed by atoms with Crippen LogP contribution in [0.2, 0.25) is 0 Å². The Morgan fingerprint density at radius 1 is 1.06 bits per heavy atom. The molecule has 0 radical (unpaired) electrons. The van der Waals surface area contributed by atoms with E-state index in [4.69, 9.17) is 0 Å². The summed E-state index contributed by atoms with van der Waals surface area (Å²) in [6.07, 6.45) is 3.59. The number of carbonyl (C=O) groups excluding carboxylic acids is 2. The van der Waals surface area contributed by atoms with Gasteiger partial charge in [-0.3, -0.25) is 9.59 Å². The summed E-state index contributed by atoms with van der Waals surface area (Å²) < 4.78 is 0. The molecule has 6 nitrogen and oxygen atoms in total. The predicted octanol–water partition coefficient (Wildman–Crippen LogP) is 0.355. The van der Waals surface area contributed by atoms with Crippen LogP contribution in [-0.4, -0.2) is 56.6 Å². The molecule has 1 aliphatic heterocycles. The van der Waals surface area contributed by atoms with Gasteiger partial charge in [0.15, 0.2) is 12.6 Å². The highest BCUT2D eigenvalue weighted by Gasteiger charge is 2.35. The quantitative estimate of drug-likeness (QED) is 0.526. The van der Waals surface area contributed by atoms with E-state index in [-0.39, 0.29) is 17.9 Å². The highest BCUT2D eigenvalue weighted by Crippen LogP contribution is 2.29. The Bertz CT molecular complexity index is 753. The normalized spacial score (nSPS) is 29.8. The van der Waals surface area contributed by atoms with E-state index < -0.39 is 0 Å². The minimum absolute atomic E-state index is 0.0329. The van der Waals surface area contributed by atoms with Crippen LogP contribution >= 0.6 is 0 Å². The zero-order valence-corrected chi connectivity index (χ0v) is 20.0. The van der Waals surface area contributed by atoms with E-state index >= 15 is 0 Å². The van der Waals surface area contributed by atoms with Gasteiger partial charge in [0.05, 0.1) is 0 Å². The third-order valence-electron chi connectivity index (χ3n) is 7.80. The van der Waals surface area contributed by atoms with Crippen molar-refractivity contribution in [3.05, 3.63) is 29.3 Å². The van der Waals surface area contributed by atoms with Crippen LogP contribution < -0.4 is 20.4 Å². The van der Waals surface area contributed by atoms with E-state index in [1.54, 1.807) is 0 Å². The molecule has 1 aliphatic carbocycles. The lowest BCUT2D eigenvalue weighted by Gasteiger charge is -2.36. The maximum Gasteiger partial charge on any atom is 0.279 e. The standard InChI is InChI=1S/C25H40N4O2/c1-17-8-7-11-22(20(17)4)26-25(31)21(5)29-14-12-28(13-15-29)16-23(30)27-24-18(2)9-6-10-19(24)3/h6,9-10,17,20-22H,7-8,11-16H2,1-5H3,(H,26,31)(H,27,30)/p+2/t17-,20-,21+,22-/m0/s1.